The molecule has 2 aromatic carbocycles. The van der Waals surface area contributed by atoms with E-state index < -0.39 is 0 Å². The van der Waals surface area contributed by atoms with Gasteiger partial charge in [0.25, 0.3) is 0 Å². The van der Waals surface area contributed by atoms with Crippen LogP contribution in [0.25, 0.3) is 21.8 Å². The van der Waals surface area contributed by atoms with Crippen LogP contribution in [0.3, 0.4) is 0 Å². The van der Waals surface area contributed by atoms with Crippen molar-refractivity contribution in [2.24, 2.45) is 0 Å². The Balaban J connectivity index is 2.51. The largest absolute Gasteiger partial charge is 0.508 e. The third-order valence-electron chi connectivity index (χ3n) is 3.07. The zero-order valence-electron chi connectivity index (χ0n) is 9.33. The van der Waals surface area contributed by atoms with Gasteiger partial charge in [-0.1, -0.05) is 12.1 Å². The topological polar surface area (TPSA) is 36.0 Å². The predicted octanol–water partition coefficient (Wildman–Crippen LogP) is 3.64. The summed E-state index contributed by atoms with van der Waals surface area (Å²) in [5.74, 6) is 0.343. The normalized spacial score (nSPS) is 11.4. The summed E-state index contributed by atoms with van der Waals surface area (Å²) in [6, 6.07) is 10.2. The second kappa shape index (κ2) is 3.01. The summed E-state index contributed by atoms with van der Waals surface area (Å²) in [4.78, 5) is 3.33. The van der Waals surface area contributed by atoms with E-state index in [2.05, 4.69) is 30.1 Å². The molecule has 2 N–H and O–H groups in total. The number of nitrogens with one attached hydrogen (secondary N) is 1. The minimum absolute atomic E-state index is 0.343. The lowest BCUT2D eigenvalue weighted by Gasteiger charge is -1.98. The van der Waals surface area contributed by atoms with Crippen LogP contribution in [0.2, 0.25) is 0 Å². The Bertz CT molecular complexity index is 695. The van der Waals surface area contributed by atoms with Crippen LogP contribution < -0.4 is 0 Å². The van der Waals surface area contributed by atoms with Crippen LogP contribution in [0.15, 0.2) is 30.3 Å². The number of phenolic OH excluding ortho intramolecular Hbond substituents is 1. The first kappa shape index (κ1) is 9.28. The van der Waals surface area contributed by atoms with Gasteiger partial charge in [0, 0.05) is 22.4 Å². The van der Waals surface area contributed by atoms with Gasteiger partial charge in [-0.2, -0.15) is 0 Å². The number of hydrogen-bond donors (Lipinski definition) is 2. The molecule has 0 spiro atoms. The third kappa shape index (κ3) is 1.20. The molecule has 1 aromatic heterocycles. The summed E-state index contributed by atoms with van der Waals surface area (Å²) in [7, 11) is 0. The molecule has 16 heavy (non-hydrogen) atoms. The Morgan fingerprint density at radius 3 is 2.50 bits per heavy atom. The van der Waals surface area contributed by atoms with Crippen LogP contribution in [-0.2, 0) is 0 Å². The summed E-state index contributed by atoms with van der Waals surface area (Å²) in [6.07, 6.45) is 0. The van der Waals surface area contributed by atoms with Crippen molar-refractivity contribution in [3.05, 3.63) is 41.5 Å². The molecule has 3 aromatic rings. The standard InChI is InChI=1S/C14H13NO/c1-8-3-4-10-11-6-9(2)14(16)7-13(11)15-12(10)5-8/h3-7,15-16H,1-2H3. The van der Waals surface area contributed by atoms with Crippen molar-refractivity contribution >= 4 is 21.8 Å². The van der Waals surface area contributed by atoms with E-state index in [9.17, 15) is 5.11 Å². The van der Waals surface area contributed by atoms with Crippen LogP contribution >= 0.6 is 0 Å². The number of hydrogen-bond acceptors (Lipinski definition) is 1. The van der Waals surface area contributed by atoms with Crippen LogP contribution in [0.5, 0.6) is 5.75 Å². The van der Waals surface area contributed by atoms with E-state index >= 15 is 0 Å². The zero-order chi connectivity index (χ0) is 11.3. The van der Waals surface area contributed by atoms with Crippen molar-refractivity contribution < 1.29 is 5.11 Å². The summed E-state index contributed by atoms with van der Waals surface area (Å²) >= 11 is 0. The molecule has 0 atom stereocenters. The Hall–Kier alpha value is -1.96. The number of fused-ring (bicyclic) bond motifs is 3. The van der Waals surface area contributed by atoms with Gasteiger partial charge in [0.1, 0.15) is 5.75 Å². The molecule has 0 saturated carbocycles. The second-order valence-electron chi connectivity index (χ2n) is 4.36. The van der Waals surface area contributed by atoms with Crippen molar-refractivity contribution in [1.29, 1.82) is 0 Å². The SMILES string of the molecule is Cc1ccc2c(c1)[nH]c1cc(O)c(C)cc12. The monoisotopic (exact) mass is 211 g/mol. The highest BCUT2D eigenvalue weighted by Crippen LogP contribution is 2.30. The number of aromatic nitrogens is 1. The van der Waals surface area contributed by atoms with Crippen LogP contribution in [0, 0.1) is 13.8 Å². The Kier molecular flexibility index (Phi) is 1.75. The molecule has 80 valence electrons. The highest BCUT2D eigenvalue weighted by molar-refractivity contribution is 6.08. The number of H-pyrrole nitrogens is 1. The molecule has 1 heterocycles. The second-order valence-corrected chi connectivity index (χ2v) is 4.36. The van der Waals surface area contributed by atoms with Crippen molar-refractivity contribution in [3.8, 4) is 5.75 Å². The maximum absolute atomic E-state index is 9.68. The van der Waals surface area contributed by atoms with Gasteiger partial charge >= 0.3 is 0 Å². The van der Waals surface area contributed by atoms with Gasteiger partial charge in [-0.05, 0) is 37.1 Å². The predicted molar refractivity (Wildman–Crippen MR) is 66.9 cm³/mol. The molecule has 0 fully saturated rings. The van der Waals surface area contributed by atoms with Gasteiger partial charge in [0.15, 0.2) is 0 Å². The van der Waals surface area contributed by atoms with E-state index in [1.54, 1.807) is 6.07 Å². The number of phenols is 1. The molecule has 3 rings (SSSR count). The van der Waals surface area contributed by atoms with E-state index in [1.807, 2.05) is 13.0 Å². The molecule has 0 saturated heterocycles. The summed E-state index contributed by atoms with van der Waals surface area (Å²) in [6.45, 7) is 4.00. The Morgan fingerprint density at radius 1 is 0.938 bits per heavy atom. The lowest BCUT2D eigenvalue weighted by molar-refractivity contribution is 0.472. The Morgan fingerprint density at radius 2 is 1.69 bits per heavy atom. The van der Waals surface area contributed by atoms with Gasteiger partial charge in [-0.3, -0.25) is 0 Å². The van der Waals surface area contributed by atoms with Crippen LogP contribution in [0.4, 0.5) is 0 Å². The van der Waals surface area contributed by atoms with E-state index in [0.717, 1.165) is 16.6 Å². The van der Waals surface area contributed by atoms with E-state index in [1.165, 1.54) is 16.3 Å². The summed E-state index contributed by atoms with van der Waals surface area (Å²) < 4.78 is 0. The van der Waals surface area contributed by atoms with Crippen molar-refractivity contribution in [1.82, 2.24) is 4.98 Å². The zero-order valence-corrected chi connectivity index (χ0v) is 9.33. The van der Waals surface area contributed by atoms with Crippen molar-refractivity contribution in [2.45, 2.75) is 13.8 Å². The fourth-order valence-electron chi connectivity index (χ4n) is 2.16. The van der Waals surface area contributed by atoms with Crippen LogP contribution in [0.1, 0.15) is 11.1 Å². The number of aromatic hydroxyl groups is 1. The molecule has 0 aliphatic heterocycles. The average Bonchev–Trinajstić information content (AvgIpc) is 2.55. The maximum atomic E-state index is 9.68. The van der Waals surface area contributed by atoms with E-state index in [-0.39, 0.29) is 0 Å². The highest BCUT2D eigenvalue weighted by atomic mass is 16.3. The lowest BCUT2D eigenvalue weighted by atomic mass is 10.1. The maximum Gasteiger partial charge on any atom is 0.120 e. The smallest absolute Gasteiger partial charge is 0.120 e. The molecule has 0 aliphatic carbocycles. The molecular weight excluding hydrogens is 198 g/mol. The van der Waals surface area contributed by atoms with Crippen molar-refractivity contribution in [2.75, 3.05) is 0 Å². The lowest BCUT2D eigenvalue weighted by Crippen LogP contribution is -1.74. The molecule has 0 aliphatic rings. The van der Waals surface area contributed by atoms with Gasteiger partial charge in [-0.15, -0.1) is 0 Å². The van der Waals surface area contributed by atoms with E-state index in [4.69, 9.17) is 0 Å². The molecule has 2 nitrogen and oxygen atoms in total. The number of rotatable bonds is 0. The van der Waals surface area contributed by atoms with Crippen molar-refractivity contribution in [3.63, 3.8) is 0 Å². The van der Waals surface area contributed by atoms with Crippen LogP contribution in [-0.4, -0.2) is 10.1 Å². The average molecular weight is 211 g/mol. The highest BCUT2D eigenvalue weighted by Gasteiger charge is 2.06. The van der Waals surface area contributed by atoms with Gasteiger partial charge in [0.05, 0.1) is 5.52 Å². The van der Waals surface area contributed by atoms with Gasteiger partial charge < -0.3 is 10.1 Å². The number of benzene rings is 2. The first-order valence-corrected chi connectivity index (χ1v) is 5.37. The third-order valence-corrected chi connectivity index (χ3v) is 3.07. The first-order valence-electron chi connectivity index (χ1n) is 5.37. The molecule has 2 heteroatoms. The molecular formula is C14H13NO. The number of aryl methyl sites for hydroxylation is 2. The minimum atomic E-state index is 0.343. The van der Waals surface area contributed by atoms with Gasteiger partial charge in [-0.25, -0.2) is 0 Å². The molecule has 0 bridgehead atoms. The first-order chi connectivity index (χ1) is 7.65. The fourth-order valence-corrected chi connectivity index (χ4v) is 2.16. The quantitative estimate of drug-likeness (QED) is 0.585. The molecule has 0 unspecified atom stereocenters. The molecule has 0 amide bonds. The fraction of sp³-hybridized carbons (Fsp3) is 0.143. The number of aromatic amines is 1. The van der Waals surface area contributed by atoms with E-state index in [0.29, 0.717) is 5.75 Å². The van der Waals surface area contributed by atoms with Gasteiger partial charge in [0.2, 0.25) is 0 Å². The minimum Gasteiger partial charge on any atom is -0.508 e. The summed E-state index contributed by atoms with van der Waals surface area (Å²) in [5, 5.41) is 12.1. The molecule has 0 radical (unpaired) electrons. The Labute approximate surface area is 93.5 Å². The summed E-state index contributed by atoms with van der Waals surface area (Å²) in [5.41, 5.74) is 4.26.